The summed E-state index contributed by atoms with van der Waals surface area (Å²) in [6.07, 6.45) is 2.52. The fraction of sp³-hybridized carbons (Fsp3) is 0.389. The van der Waals surface area contributed by atoms with Gasteiger partial charge in [-0.3, -0.25) is 4.79 Å². The molecule has 0 spiro atoms. The van der Waals surface area contributed by atoms with E-state index < -0.39 is 0 Å². The SMILES string of the molecule is Cc1cccc(OCC(C)NC(=O)C2CC2c2ccco2)c1. The van der Waals surface area contributed by atoms with Gasteiger partial charge in [-0.15, -0.1) is 0 Å². The van der Waals surface area contributed by atoms with Crippen molar-refractivity contribution in [3.8, 4) is 5.75 Å². The quantitative estimate of drug-likeness (QED) is 0.890. The summed E-state index contributed by atoms with van der Waals surface area (Å²) in [5, 5.41) is 3.01. The molecule has 1 aliphatic carbocycles. The Morgan fingerprint density at radius 2 is 2.27 bits per heavy atom. The standard InChI is InChI=1S/C18H21NO3/c1-12-5-3-6-14(9-12)22-11-13(2)19-18(20)16-10-15(16)17-7-4-8-21-17/h3-9,13,15-16H,10-11H2,1-2H3,(H,19,20). The number of aryl methyl sites for hydroxylation is 1. The lowest BCUT2D eigenvalue weighted by Gasteiger charge is -2.15. The summed E-state index contributed by atoms with van der Waals surface area (Å²) in [6.45, 7) is 4.45. The molecule has 1 heterocycles. The highest BCUT2D eigenvalue weighted by molar-refractivity contribution is 5.82. The topological polar surface area (TPSA) is 51.5 Å². The van der Waals surface area contributed by atoms with Crippen LogP contribution in [0.1, 0.15) is 30.6 Å². The fourth-order valence-corrected chi connectivity index (χ4v) is 2.62. The third-order valence-electron chi connectivity index (χ3n) is 3.91. The molecule has 0 aliphatic heterocycles. The number of ether oxygens (including phenoxy) is 1. The molecule has 1 N–H and O–H groups in total. The van der Waals surface area contributed by atoms with E-state index in [1.807, 2.05) is 50.2 Å². The molecule has 4 heteroatoms. The minimum absolute atomic E-state index is 0.0223. The second-order valence-electron chi connectivity index (χ2n) is 6.00. The van der Waals surface area contributed by atoms with Crippen molar-refractivity contribution in [3.63, 3.8) is 0 Å². The lowest BCUT2D eigenvalue weighted by atomic mass is 10.2. The molecular formula is C18H21NO3. The molecular weight excluding hydrogens is 278 g/mol. The van der Waals surface area contributed by atoms with Crippen LogP contribution in [-0.2, 0) is 4.79 Å². The number of hydrogen-bond donors (Lipinski definition) is 1. The molecule has 4 nitrogen and oxygen atoms in total. The van der Waals surface area contributed by atoms with Gasteiger partial charge in [0, 0.05) is 11.8 Å². The van der Waals surface area contributed by atoms with Gasteiger partial charge in [0.15, 0.2) is 0 Å². The lowest BCUT2D eigenvalue weighted by Crippen LogP contribution is -2.37. The average molecular weight is 299 g/mol. The Morgan fingerprint density at radius 3 is 3.00 bits per heavy atom. The monoisotopic (exact) mass is 299 g/mol. The Labute approximate surface area is 130 Å². The van der Waals surface area contributed by atoms with Crippen molar-refractivity contribution in [3.05, 3.63) is 54.0 Å². The van der Waals surface area contributed by atoms with Crippen LogP contribution in [0.15, 0.2) is 47.1 Å². The van der Waals surface area contributed by atoms with Crippen LogP contribution >= 0.6 is 0 Å². The summed E-state index contributed by atoms with van der Waals surface area (Å²) in [5.74, 6) is 2.10. The third kappa shape index (κ3) is 3.50. The normalized spacial score (nSPS) is 21.2. The van der Waals surface area contributed by atoms with E-state index in [1.165, 1.54) is 0 Å². The van der Waals surface area contributed by atoms with Gasteiger partial charge in [-0.05, 0) is 50.1 Å². The maximum Gasteiger partial charge on any atom is 0.224 e. The van der Waals surface area contributed by atoms with Crippen LogP contribution in [0.25, 0.3) is 0 Å². The average Bonchev–Trinajstić information content (AvgIpc) is 3.11. The Morgan fingerprint density at radius 1 is 1.41 bits per heavy atom. The van der Waals surface area contributed by atoms with Crippen molar-refractivity contribution < 1.29 is 13.9 Å². The number of nitrogens with one attached hydrogen (secondary N) is 1. The summed E-state index contributed by atoms with van der Waals surface area (Å²) in [7, 11) is 0. The molecule has 22 heavy (non-hydrogen) atoms. The molecule has 1 aromatic carbocycles. The highest BCUT2D eigenvalue weighted by atomic mass is 16.5. The molecule has 1 amide bonds. The van der Waals surface area contributed by atoms with E-state index in [0.29, 0.717) is 6.61 Å². The molecule has 2 aromatic rings. The maximum absolute atomic E-state index is 12.2. The lowest BCUT2D eigenvalue weighted by molar-refractivity contribution is -0.123. The van der Waals surface area contributed by atoms with Gasteiger partial charge in [-0.25, -0.2) is 0 Å². The zero-order valence-corrected chi connectivity index (χ0v) is 12.9. The van der Waals surface area contributed by atoms with Gasteiger partial charge in [-0.2, -0.15) is 0 Å². The fourth-order valence-electron chi connectivity index (χ4n) is 2.62. The van der Waals surface area contributed by atoms with E-state index in [9.17, 15) is 4.79 Å². The van der Waals surface area contributed by atoms with Gasteiger partial charge in [-0.1, -0.05) is 12.1 Å². The van der Waals surface area contributed by atoms with Crippen LogP contribution in [0.3, 0.4) is 0 Å². The van der Waals surface area contributed by atoms with E-state index in [2.05, 4.69) is 5.32 Å². The van der Waals surface area contributed by atoms with Crippen LogP contribution in [0.5, 0.6) is 5.75 Å². The first-order valence-electron chi connectivity index (χ1n) is 7.66. The molecule has 0 radical (unpaired) electrons. The zero-order chi connectivity index (χ0) is 15.5. The van der Waals surface area contributed by atoms with Crippen LogP contribution in [-0.4, -0.2) is 18.6 Å². The van der Waals surface area contributed by atoms with E-state index in [0.717, 1.165) is 23.5 Å². The number of benzene rings is 1. The highest BCUT2D eigenvalue weighted by Crippen LogP contribution is 2.47. The van der Waals surface area contributed by atoms with E-state index in [-0.39, 0.29) is 23.8 Å². The minimum atomic E-state index is -0.0223. The summed E-state index contributed by atoms with van der Waals surface area (Å²) in [4.78, 5) is 12.2. The predicted octanol–water partition coefficient (Wildman–Crippen LogP) is 3.28. The number of carbonyl (C=O) groups excluding carboxylic acids is 1. The molecule has 3 rings (SSSR count). The van der Waals surface area contributed by atoms with Crippen molar-refractivity contribution in [2.75, 3.05) is 6.61 Å². The number of carbonyl (C=O) groups is 1. The first kappa shape index (κ1) is 14.7. The van der Waals surface area contributed by atoms with Gasteiger partial charge in [0.05, 0.1) is 12.3 Å². The molecule has 0 saturated heterocycles. The molecule has 1 fully saturated rings. The third-order valence-corrected chi connectivity index (χ3v) is 3.91. The summed E-state index contributed by atoms with van der Waals surface area (Å²) in [5.41, 5.74) is 1.16. The van der Waals surface area contributed by atoms with Gasteiger partial charge < -0.3 is 14.5 Å². The molecule has 1 saturated carbocycles. The van der Waals surface area contributed by atoms with Crippen molar-refractivity contribution in [2.45, 2.75) is 32.2 Å². The van der Waals surface area contributed by atoms with E-state index in [1.54, 1.807) is 6.26 Å². The van der Waals surface area contributed by atoms with Gasteiger partial charge in [0.1, 0.15) is 18.1 Å². The summed E-state index contributed by atoms with van der Waals surface area (Å²) in [6, 6.07) is 11.7. The van der Waals surface area contributed by atoms with Crippen LogP contribution < -0.4 is 10.1 Å². The Kier molecular flexibility index (Phi) is 4.18. The first-order chi connectivity index (χ1) is 10.6. The van der Waals surface area contributed by atoms with Crippen molar-refractivity contribution in [2.24, 2.45) is 5.92 Å². The molecule has 3 atom stereocenters. The zero-order valence-electron chi connectivity index (χ0n) is 12.9. The summed E-state index contributed by atoms with van der Waals surface area (Å²) >= 11 is 0. The molecule has 1 aromatic heterocycles. The van der Waals surface area contributed by atoms with E-state index in [4.69, 9.17) is 9.15 Å². The number of rotatable bonds is 6. The smallest absolute Gasteiger partial charge is 0.224 e. The molecule has 3 unspecified atom stereocenters. The predicted molar refractivity (Wildman–Crippen MR) is 83.8 cm³/mol. The van der Waals surface area contributed by atoms with E-state index >= 15 is 0 Å². The second-order valence-corrected chi connectivity index (χ2v) is 6.00. The minimum Gasteiger partial charge on any atom is -0.491 e. The first-order valence-corrected chi connectivity index (χ1v) is 7.66. The van der Waals surface area contributed by atoms with Gasteiger partial charge in [0.2, 0.25) is 5.91 Å². The Bertz CT molecular complexity index is 636. The van der Waals surface area contributed by atoms with Crippen LogP contribution in [0.2, 0.25) is 0 Å². The highest BCUT2D eigenvalue weighted by Gasteiger charge is 2.46. The second kappa shape index (κ2) is 6.26. The van der Waals surface area contributed by atoms with Crippen molar-refractivity contribution in [1.29, 1.82) is 0 Å². The van der Waals surface area contributed by atoms with Crippen molar-refractivity contribution >= 4 is 5.91 Å². The molecule has 1 aliphatic rings. The largest absolute Gasteiger partial charge is 0.491 e. The molecule has 116 valence electrons. The van der Waals surface area contributed by atoms with Gasteiger partial charge >= 0.3 is 0 Å². The summed E-state index contributed by atoms with van der Waals surface area (Å²) < 4.78 is 11.1. The van der Waals surface area contributed by atoms with Gasteiger partial charge in [0.25, 0.3) is 0 Å². The van der Waals surface area contributed by atoms with Crippen LogP contribution in [0.4, 0.5) is 0 Å². The molecule has 0 bridgehead atoms. The van der Waals surface area contributed by atoms with Crippen molar-refractivity contribution in [1.82, 2.24) is 5.32 Å². The van der Waals surface area contributed by atoms with Crippen LogP contribution in [0, 0.1) is 12.8 Å². The maximum atomic E-state index is 12.2. The number of furan rings is 1. The number of amides is 1. The Balaban J connectivity index is 1.44. The Hall–Kier alpha value is -2.23. The number of hydrogen-bond acceptors (Lipinski definition) is 3.